The molecule has 6 heavy (non-hydrogen) atoms. The zero-order valence-corrected chi connectivity index (χ0v) is 11.7. The molecule has 0 spiro atoms. The first-order chi connectivity index (χ1) is 2.00. The van der Waals surface area contributed by atoms with E-state index in [-0.39, 0.29) is 52.2 Å². The molecule has 0 bridgehead atoms. The van der Waals surface area contributed by atoms with E-state index < -0.39 is 0 Å². The monoisotopic (exact) mass is 481 g/mol. The first kappa shape index (κ1) is 25.1. The van der Waals surface area contributed by atoms with Crippen LogP contribution in [0.2, 0.25) is 0 Å². The molecular formula is C4H11UW-. The molecule has 0 unspecified atom stereocenters. The van der Waals surface area contributed by atoms with Gasteiger partial charge in [0, 0.05) is 52.2 Å². The summed E-state index contributed by atoms with van der Waals surface area (Å²) >= 11 is 0. The van der Waals surface area contributed by atoms with Crippen LogP contribution < -0.4 is 0 Å². The summed E-state index contributed by atoms with van der Waals surface area (Å²) in [6.45, 7) is 9.00. The molecule has 0 fully saturated rings. The molecule has 2 heteroatoms. The van der Waals surface area contributed by atoms with Gasteiger partial charge >= 0.3 is 0 Å². The van der Waals surface area contributed by atoms with E-state index in [9.17, 15) is 0 Å². The molecule has 0 aliphatic heterocycles. The van der Waals surface area contributed by atoms with Crippen molar-refractivity contribution in [1.82, 2.24) is 0 Å². The average Bonchev–Trinajstić information content (AvgIpc) is 1.50. The van der Waals surface area contributed by atoms with Crippen LogP contribution in [0.4, 0.5) is 0 Å². The Morgan fingerprint density at radius 3 is 1.00 bits per heavy atom. The second-order valence-corrected chi connectivity index (χ2v) is 0. The van der Waals surface area contributed by atoms with Crippen LogP contribution in [-0.2, 0) is 21.1 Å². The molecule has 0 aromatic heterocycles. The average molecular weight is 481 g/mol. The van der Waals surface area contributed by atoms with E-state index in [1.165, 1.54) is 0 Å². The Balaban J connectivity index is -0.00000000500. The molecule has 0 saturated carbocycles. The van der Waals surface area contributed by atoms with Crippen molar-refractivity contribution in [3.63, 3.8) is 0 Å². The smallest absolute Gasteiger partial charge is 0 e. The number of hydrogen-bond donors (Lipinski definition) is 0. The van der Waals surface area contributed by atoms with Gasteiger partial charge < -0.3 is 6.92 Å². The summed E-state index contributed by atoms with van der Waals surface area (Å²) in [4.78, 5) is 0. The first-order valence-corrected chi connectivity index (χ1v) is 1.71. The van der Waals surface area contributed by atoms with Crippen LogP contribution in [0.25, 0.3) is 0 Å². The Bertz CT molecular complexity index is 7.51. The van der Waals surface area contributed by atoms with Gasteiger partial charge in [0.05, 0.1) is 0 Å². The summed E-state index contributed by atoms with van der Waals surface area (Å²) in [5, 5.41) is 0. The van der Waals surface area contributed by atoms with E-state index in [4.69, 9.17) is 0 Å². The molecule has 0 heterocycles. The number of hydrogen-bond acceptors (Lipinski definition) is 0. The maximum Gasteiger partial charge on any atom is 0 e. The van der Waals surface area contributed by atoms with Crippen LogP contribution >= 0.6 is 0 Å². The van der Waals surface area contributed by atoms with Crippen molar-refractivity contribution in [2.24, 2.45) is 0 Å². The molecule has 0 aliphatic carbocycles. The molecule has 38 valence electrons. The Morgan fingerprint density at radius 1 is 1.00 bits per heavy atom. The molecule has 0 radical (unpaired) electrons. The van der Waals surface area contributed by atoms with Crippen LogP contribution in [0.1, 0.15) is 20.8 Å². The fraction of sp³-hybridized carbons (Fsp3) is 0.750. The third-order valence-corrected chi connectivity index (χ3v) is 0. The van der Waals surface area contributed by atoms with E-state index >= 15 is 0 Å². The van der Waals surface area contributed by atoms with Crippen molar-refractivity contribution in [3.8, 4) is 0 Å². The third kappa shape index (κ3) is 42.6. The van der Waals surface area contributed by atoms with E-state index in [1.807, 2.05) is 13.8 Å². The summed E-state index contributed by atoms with van der Waals surface area (Å²) in [6, 6.07) is 0. The largest absolute Gasteiger partial charge is 0.346 e. The molecule has 0 atom stereocenters. The van der Waals surface area contributed by atoms with Gasteiger partial charge in [0.15, 0.2) is 0 Å². The number of rotatable bonds is 0. The van der Waals surface area contributed by atoms with Gasteiger partial charge in [-0.25, -0.2) is 0 Å². The van der Waals surface area contributed by atoms with Crippen molar-refractivity contribution in [3.05, 3.63) is 6.92 Å². The SMILES string of the molecule is CC.[CH2-]C.[U].[W]. The molecule has 0 aromatic carbocycles. The Hall–Kier alpha value is 1.74. The van der Waals surface area contributed by atoms with Gasteiger partial charge in [-0.1, -0.05) is 13.8 Å². The van der Waals surface area contributed by atoms with Crippen LogP contribution in [0.3, 0.4) is 0 Å². The normalized spacial score (nSPS) is 2.00. The van der Waals surface area contributed by atoms with Gasteiger partial charge in [0.2, 0.25) is 0 Å². The van der Waals surface area contributed by atoms with Gasteiger partial charge in [-0.05, 0) is 0 Å². The zero-order chi connectivity index (χ0) is 4.00. The van der Waals surface area contributed by atoms with Gasteiger partial charge in [-0.3, -0.25) is 0 Å². The summed E-state index contributed by atoms with van der Waals surface area (Å²) in [5.41, 5.74) is 0. The maximum absolute atomic E-state index is 3.25. The minimum atomic E-state index is 0. The van der Waals surface area contributed by atoms with E-state index in [1.54, 1.807) is 6.92 Å². The first-order valence-electron chi connectivity index (χ1n) is 1.71. The summed E-state index contributed by atoms with van der Waals surface area (Å²) < 4.78 is 0. The minimum absolute atomic E-state index is 0. The van der Waals surface area contributed by atoms with E-state index in [2.05, 4.69) is 6.92 Å². The fourth-order valence-corrected chi connectivity index (χ4v) is 0. The molecule has 0 aromatic rings. The Kier molecular flexibility index (Phi) is 307. The van der Waals surface area contributed by atoms with E-state index in [0.29, 0.717) is 0 Å². The second kappa shape index (κ2) is 73.3. The third-order valence-electron chi connectivity index (χ3n) is 0. The quantitative estimate of drug-likeness (QED) is 0.464. The predicted octanol–water partition coefficient (Wildman–Crippen LogP) is 1.86. The molecule has 0 aliphatic rings. The van der Waals surface area contributed by atoms with Crippen molar-refractivity contribution in [2.45, 2.75) is 20.8 Å². The van der Waals surface area contributed by atoms with Gasteiger partial charge in [-0.2, -0.15) is 6.92 Å². The molecule has 0 amide bonds. The summed E-state index contributed by atoms with van der Waals surface area (Å²) in [5.74, 6) is 0. The van der Waals surface area contributed by atoms with Crippen LogP contribution in [0.5, 0.6) is 0 Å². The molecule has 0 N–H and O–H groups in total. The molecule has 0 saturated heterocycles. The van der Waals surface area contributed by atoms with Crippen molar-refractivity contribution >= 4 is 0 Å². The van der Waals surface area contributed by atoms with Gasteiger partial charge in [-0.15, -0.1) is 0 Å². The molecule has 0 rings (SSSR count). The fourth-order valence-electron chi connectivity index (χ4n) is 0. The van der Waals surface area contributed by atoms with Crippen molar-refractivity contribution < 1.29 is 52.2 Å². The maximum atomic E-state index is 3.25. The molecule has 0 nitrogen and oxygen atoms in total. The Morgan fingerprint density at radius 2 is 1.00 bits per heavy atom. The van der Waals surface area contributed by atoms with Crippen molar-refractivity contribution in [2.75, 3.05) is 0 Å². The summed E-state index contributed by atoms with van der Waals surface area (Å²) in [6.07, 6.45) is 0. The van der Waals surface area contributed by atoms with Gasteiger partial charge in [0.25, 0.3) is 0 Å². The van der Waals surface area contributed by atoms with Crippen LogP contribution in [0.15, 0.2) is 0 Å². The van der Waals surface area contributed by atoms with Gasteiger partial charge in [0.1, 0.15) is 0 Å². The zero-order valence-electron chi connectivity index (χ0n) is 4.62. The van der Waals surface area contributed by atoms with Crippen molar-refractivity contribution in [1.29, 1.82) is 0 Å². The van der Waals surface area contributed by atoms with E-state index in [0.717, 1.165) is 0 Å². The minimum Gasteiger partial charge on any atom is -0.346 e. The topological polar surface area (TPSA) is 0 Å². The standard InChI is InChI=1S/C2H6.C2H5.U.W/c2*1-2;;/h1-2H3;1H2,2H3;;/q;-1;;. The predicted molar refractivity (Wildman–Crippen MR) is 22.4 cm³/mol. The Labute approximate surface area is 79.1 Å². The summed E-state index contributed by atoms with van der Waals surface area (Å²) in [7, 11) is 0. The molecular weight excluding hydrogens is 470 g/mol. The van der Waals surface area contributed by atoms with Crippen LogP contribution in [-0.4, -0.2) is 0 Å². The van der Waals surface area contributed by atoms with Crippen LogP contribution in [0, 0.1) is 38.0 Å². The second-order valence-electron chi connectivity index (χ2n) is 0.